The van der Waals surface area contributed by atoms with Gasteiger partial charge in [0, 0.05) is 5.33 Å². The molecule has 0 N–H and O–H groups in total. The molecule has 7 heteroatoms. The molecule has 0 aromatic rings. The third kappa shape index (κ3) is 11.0. The van der Waals surface area contributed by atoms with Gasteiger partial charge in [0.15, 0.2) is 0 Å². The van der Waals surface area contributed by atoms with Crippen molar-refractivity contribution in [2.45, 2.75) is 6.10 Å². The van der Waals surface area contributed by atoms with Gasteiger partial charge in [0.2, 0.25) is 0 Å². The third-order valence-corrected chi connectivity index (χ3v) is 2.85. The first-order chi connectivity index (χ1) is 9.93. The normalized spacial score (nSPS) is 24.8. The molecule has 0 amide bonds. The summed E-state index contributed by atoms with van der Waals surface area (Å²) in [6, 6.07) is 0. The molecule has 1 aliphatic rings. The average Bonchev–Trinajstić information content (AvgIpc) is 2.47. The van der Waals surface area contributed by atoms with Crippen molar-refractivity contribution >= 4 is 15.9 Å². The summed E-state index contributed by atoms with van der Waals surface area (Å²) < 4.78 is 32.8. The van der Waals surface area contributed by atoms with Crippen molar-refractivity contribution < 1.29 is 28.4 Å². The lowest BCUT2D eigenvalue weighted by Crippen LogP contribution is -2.28. The van der Waals surface area contributed by atoms with E-state index in [0.717, 1.165) is 5.33 Å². The Morgan fingerprint density at radius 1 is 0.800 bits per heavy atom. The zero-order valence-electron chi connectivity index (χ0n) is 11.9. The molecule has 0 saturated carbocycles. The summed E-state index contributed by atoms with van der Waals surface area (Å²) in [6.07, 6.45) is -0.0703. The molecule has 1 heterocycles. The fraction of sp³-hybridized carbons (Fsp3) is 1.00. The van der Waals surface area contributed by atoms with Gasteiger partial charge in [-0.1, -0.05) is 15.9 Å². The summed E-state index contributed by atoms with van der Waals surface area (Å²) in [4.78, 5) is 0. The quantitative estimate of drug-likeness (QED) is 0.550. The Kier molecular flexibility index (Phi) is 13.0. The molecule has 1 saturated heterocycles. The molecule has 6 nitrogen and oxygen atoms in total. The van der Waals surface area contributed by atoms with Gasteiger partial charge in [0.05, 0.1) is 72.7 Å². The van der Waals surface area contributed by atoms with E-state index in [1.807, 2.05) is 0 Å². The summed E-state index contributed by atoms with van der Waals surface area (Å²) in [6.45, 7) is 6.21. The molecule has 0 aliphatic carbocycles. The molecular formula is C13H25BrO6. The molecule has 120 valence electrons. The molecule has 1 aliphatic heterocycles. The average molecular weight is 357 g/mol. The largest absolute Gasteiger partial charge is 0.378 e. The Morgan fingerprint density at radius 3 is 1.95 bits per heavy atom. The van der Waals surface area contributed by atoms with Gasteiger partial charge in [-0.2, -0.15) is 0 Å². The van der Waals surface area contributed by atoms with Gasteiger partial charge in [-0.3, -0.25) is 0 Å². The topological polar surface area (TPSA) is 55.4 Å². The Morgan fingerprint density at radius 2 is 1.35 bits per heavy atom. The molecule has 0 spiro atoms. The second kappa shape index (κ2) is 14.2. The maximum Gasteiger partial charge on any atom is 0.104 e. The first-order valence-electron chi connectivity index (χ1n) is 6.99. The highest BCUT2D eigenvalue weighted by atomic mass is 79.9. The van der Waals surface area contributed by atoms with E-state index in [1.165, 1.54) is 0 Å². The van der Waals surface area contributed by atoms with Crippen LogP contribution in [0.3, 0.4) is 0 Å². The maximum atomic E-state index is 5.69. The molecular weight excluding hydrogens is 332 g/mol. The summed E-state index contributed by atoms with van der Waals surface area (Å²) >= 11 is 3.32. The zero-order chi connectivity index (χ0) is 14.3. The van der Waals surface area contributed by atoms with E-state index in [0.29, 0.717) is 72.7 Å². The lowest BCUT2D eigenvalue weighted by Gasteiger charge is -2.18. The Balaban J connectivity index is 2.21. The Bertz CT molecular complexity index is 191. The van der Waals surface area contributed by atoms with E-state index in [2.05, 4.69) is 15.9 Å². The van der Waals surface area contributed by atoms with Crippen LogP contribution in [-0.4, -0.2) is 84.1 Å². The van der Waals surface area contributed by atoms with E-state index >= 15 is 0 Å². The second-order valence-electron chi connectivity index (χ2n) is 4.17. The van der Waals surface area contributed by atoms with E-state index in [1.54, 1.807) is 0 Å². The first kappa shape index (κ1) is 18.3. The van der Waals surface area contributed by atoms with Crippen molar-refractivity contribution in [3.05, 3.63) is 0 Å². The fourth-order valence-corrected chi connectivity index (χ4v) is 1.79. The van der Waals surface area contributed by atoms with Crippen LogP contribution in [0.1, 0.15) is 0 Å². The van der Waals surface area contributed by atoms with Crippen LogP contribution in [0.5, 0.6) is 0 Å². The predicted octanol–water partition coefficient (Wildman–Crippen LogP) is 0.863. The SMILES string of the molecule is BrCCOC[C@@H]1COCCOCCOCCOCCO1. The number of alkyl halides is 1. The van der Waals surface area contributed by atoms with Gasteiger partial charge in [-0.05, 0) is 0 Å². The van der Waals surface area contributed by atoms with E-state index in [9.17, 15) is 0 Å². The van der Waals surface area contributed by atoms with Crippen molar-refractivity contribution in [1.82, 2.24) is 0 Å². The Hall–Kier alpha value is 0.240. The molecule has 0 aromatic heterocycles. The van der Waals surface area contributed by atoms with Crippen molar-refractivity contribution in [2.75, 3.05) is 78.0 Å². The van der Waals surface area contributed by atoms with Gasteiger partial charge < -0.3 is 28.4 Å². The molecule has 0 aromatic carbocycles. The number of rotatable bonds is 4. The third-order valence-electron chi connectivity index (χ3n) is 2.53. The van der Waals surface area contributed by atoms with E-state index in [-0.39, 0.29) is 6.10 Å². The number of ether oxygens (including phenoxy) is 6. The fourth-order valence-electron chi connectivity index (χ4n) is 1.56. The van der Waals surface area contributed by atoms with Gasteiger partial charge >= 0.3 is 0 Å². The monoisotopic (exact) mass is 356 g/mol. The van der Waals surface area contributed by atoms with E-state index in [4.69, 9.17) is 28.4 Å². The van der Waals surface area contributed by atoms with Crippen LogP contribution in [0, 0.1) is 0 Å². The van der Waals surface area contributed by atoms with Gasteiger partial charge in [-0.25, -0.2) is 0 Å². The minimum Gasteiger partial charge on any atom is -0.378 e. The van der Waals surface area contributed by atoms with Crippen molar-refractivity contribution in [1.29, 1.82) is 0 Å². The summed E-state index contributed by atoms with van der Waals surface area (Å²) in [5.41, 5.74) is 0. The first-order valence-corrected chi connectivity index (χ1v) is 8.12. The highest BCUT2D eigenvalue weighted by molar-refractivity contribution is 9.09. The molecule has 0 radical (unpaired) electrons. The van der Waals surface area contributed by atoms with Crippen molar-refractivity contribution in [2.24, 2.45) is 0 Å². The van der Waals surface area contributed by atoms with Crippen LogP contribution in [0.4, 0.5) is 0 Å². The summed E-state index contributed by atoms with van der Waals surface area (Å²) in [5.74, 6) is 0. The highest BCUT2D eigenvalue weighted by Gasteiger charge is 2.10. The lowest BCUT2D eigenvalue weighted by atomic mass is 10.4. The van der Waals surface area contributed by atoms with Crippen LogP contribution in [0.25, 0.3) is 0 Å². The molecule has 0 unspecified atom stereocenters. The molecule has 0 bridgehead atoms. The van der Waals surface area contributed by atoms with Gasteiger partial charge in [0.25, 0.3) is 0 Å². The standard InChI is InChI=1S/C13H25BrO6/c14-1-2-18-11-13-12-19-8-7-16-4-3-15-5-6-17-9-10-20-13/h13H,1-12H2/t13-/m1/s1. The van der Waals surface area contributed by atoms with Gasteiger partial charge in [0.1, 0.15) is 6.10 Å². The second-order valence-corrected chi connectivity index (χ2v) is 4.96. The summed E-state index contributed by atoms with van der Waals surface area (Å²) in [5, 5.41) is 0.817. The maximum absolute atomic E-state index is 5.69. The number of hydrogen-bond donors (Lipinski definition) is 0. The minimum atomic E-state index is -0.0703. The van der Waals surface area contributed by atoms with Crippen molar-refractivity contribution in [3.63, 3.8) is 0 Å². The predicted molar refractivity (Wildman–Crippen MR) is 77.6 cm³/mol. The summed E-state index contributed by atoms with van der Waals surface area (Å²) in [7, 11) is 0. The Labute approximate surface area is 129 Å². The van der Waals surface area contributed by atoms with Crippen LogP contribution in [-0.2, 0) is 28.4 Å². The molecule has 20 heavy (non-hydrogen) atoms. The van der Waals surface area contributed by atoms with Crippen LogP contribution < -0.4 is 0 Å². The molecule has 1 fully saturated rings. The smallest absolute Gasteiger partial charge is 0.104 e. The molecule has 1 atom stereocenters. The number of hydrogen-bond acceptors (Lipinski definition) is 6. The van der Waals surface area contributed by atoms with Gasteiger partial charge in [-0.15, -0.1) is 0 Å². The lowest BCUT2D eigenvalue weighted by molar-refractivity contribution is -0.0758. The van der Waals surface area contributed by atoms with E-state index < -0.39 is 0 Å². The zero-order valence-corrected chi connectivity index (χ0v) is 13.5. The van der Waals surface area contributed by atoms with Crippen LogP contribution in [0.15, 0.2) is 0 Å². The van der Waals surface area contributed by atoms with Crippen LogP contribution >= 0.6 is 15.9 Å². The molecule has 1 rings (SSSR count). The number of halogens is 1. The van der Waals surface area contributed by atoms with Crippen molar-refractivity contribution in [3.8, 4) is 0 Å². The highest BCUT2D eigenvalue weighted by Crippen LogP contribution is 1.97. The van der Waals surface area contributed by atoms with Crippen LogP contribution in [0.2, 0.25) is 0 Å². The minimum absolute atomic E-state index is 0.0703.